The van der Waals surface area contributed by atoms with Gasteiger partial charge in [0.05, 0.1) is 0 Å². The van der Waals surface area contributed by atoms with Crippen LogP contribution in [0.1, 0.15) is 32.6 Å². The molecule has 0 radical (unpaired) electrons. The predicted octanol–water partition coefficient (Wildman–Crippen LogP) is 2.17. The predicted molar refractivity (Wildman–Crippen MR) is 76.2 cm³/mol. The highest BCUT2D eigenvalue weighted by molar-refractivity contribution is 8.03. The van der Waals surface area contributed by atoms with Crippen LogP contribution in [0.25, 0.3) is 0 Å². The summed E-state index contributed by atoms with van der Waals surface area (Å²) < 4.78 is 0. The molecular formula is C10H21Cl2N3S. The molecule has 2 aliphatic rings. The highest BCUT2D eigenvalue weighted by Crippen LogP contribution is 2.37. The van der Waals surface area contributed by atoms with Crippen LogP contribution in [0.4, 0.5) is 0 Å². The van der Waals surface area contributed by atoms with E-state index in [-0.39, 0.29) is 30.3 Å². The lowest BCUT2D eigenvalue weighted by Crippen LogP contribution is -2.33. The molecule has 0 fully saturated rings. The maximum atomic E-state index is 5.83. The van der Waals surface area contributed by atoms with Crippen LogP contribution in [-0.4, -0.2) is 18.1 Å². The van der Waals surface area contributed by atoms with Crippen LogP contribution < -0.4 is 16.4 Å². The van der Waals surface area contributed by atoms with E-state index in [0.29, 0.717) is 6.04 Å². The van der Waals surface area contributed by atoms with Gasteiger partial charge in [-0.2, -0.15) is 0 Å². The monoisotopic (exact) mass is 285 g/mol. The van der Waals surface area contributed by atoms with Gasteiger partial charge in [-0.25, -0.2) is 0 Å². The fraction of sp³-hybridized carbons (Fsp3) is 0.800. The van der Waals surface area contributed by atoms with Gasteiger partial charge in [0.2, 0.25) is 0 Å². The third-order valence-corrected chi connectivity index (χ3v) is 3.85. The van der Waals surface area contributed by atoms with Crippen molar-refractivity contribution < 1.29 is 0 Å². The fourth-order valence-electron chi connectivity index (χ4n) is 2.06. The van der Waals surface area contributed by atoms with Gasteiger partial charge in [-0.15, -0.1) is 24.8 Å². The van der Waals surface area contributed by atoms with Crippen LogP contribution in [0.15, 0.2) is 10.6 Å². The Bertz CT molecular complexity index is 248. The Morgan fingerprint density at radius 3 is 2.94 bits per heavy atom. The first kappa shape index (κ1) is 16.4. The average Bonchev–Trinajstić information content (AvgIpc) is 2.54. The summed E-state index contributed by atoms with van der Waals surface area (Å²) in [5.41, 5.74) is 7.33. The van der Waals surface area contributed by atoms with Gasteiger partial charge in [-0.05, 0) is 32.2 Å². The van der Waals surface area contributed by atoms with Crippen molar-refractivity contribution in [2.45, 2.75) is 44.1 Å². The molecule has 1 heterocycles. The fourth-order valence-corrected chi connectivity index (χ4v) is 3.16. The van der Waals surface area contributed by atoms with E-state index >= 15 is 0 Å². The van der Waals surface area contributed by atoms with E-state index in [1.807, 2.05) is 0 Å². The van der Waals surface area contributed by atoms with Crippen molar-refractivity contribution in [1.82, 2.24) is 10.6 Å². The molecule has 0 aromatic rings. The topological polar surface area (TPSA) is 50.1 Å². The van der Waals surface area contributed by atoms with Crippen molar-refractivity contribution in [3.8, 4) is 0 Å². The molecular weight excluding hydrogens is 265 g/mol. The number of hydrogen-bond acceptors (Lipinski definition) is 4. The van der Waals surface area contributed by atoms with Crippen LogP contribution in [0.5, 0.6) is 0 Å². The first-order valence-electron chi connectivity index (χ1n) is 5.43. The number of nitrogens with one attached hydrogen (secondary N) is 2. The smallest absolute Gasteiger partial charge is 0.127 e. The van der Waals surface area contributed by atoms with Gasteiger partial charge >= 0.3 is 0 Å². The molecule has 0 saturated heterocycles. The number of allylic oxidation sites excluding steroid dienone is 1. The highest BCUT2D eigenvalue weighted by Gasteiger charge is 2.27. The lowest BCUT2D eigenvalue weighted by Gasteiger charge is -2.23. The van der Waals surface area contributed by atoms with Gasteiger partial charge in [0.25, 0.3) is 0 Å². The summed E-state index contributed by atoms with van der Waals surface area (Å²) in [5, 5.41) is 6.91. The van der Waals surface area contributed by atoms with Crippen molar-refractivity contribution in [2.75, 3.05) is 6.54 Å². The molecule has 6 heteroatoms. The van der Waals surface area contributed by atoms with E-state index in [1.54, 1.807) is 11.8 Å². The van der Waals surface area contributed by atoms with E-state index in [4.69, 9.17) is 5.73 Å². The molecule has 0 amide bonds. The zero-order valence-corrected chi connectivity index (χ0v) is 11.9. The molecule has 0 aromatic carbocycles. The first-order valence-corrected chi connectivity index (χ1v) is 6.31. The van der Waals surface area contributed by atoms with Crippen molar-refractivity contribution in [1.29, 1.82) is 0 Å². The van der Waals surface area contributed by atoms with Crippen molar-refractivity contribution in [3.63, 3.8) is 0 Å². The second kappa shape index (κ2) is 7.67. The lowest BCUT2D eigenvalue weighted by molar-refractivity contribution is 0.458. The lowest BCUT2D eigenvalue weighted by atomic mass is 9.99. The Labute approximate surface area is 114 Å². The van der Waals surface area contributed by atoms with Gasteiger partial charge < -0.3 is 16.4 Å². The summed E-state index contributed by atoms with van der Waals surface area (Å²) in [7, 11) is 0. The molecule has 1 aliphatic heterocycles. The summed E-state index contributed by atoms with van der Waals surface area (Å²) in [6, 6.07) is 0.674. The Hall–Kier alpha value is 0.390. The van der Waals surface area contributed by atoms with Gasteiger partial charge in [0, 0.05) is 16.6 Å². The average molecular weight is 286 g/mol. The second-order valence-corrected chi connectivity index (χ2v) is 5.21. The molecule has 0 aromatic heterocycles. The minimum absolute atomic E-state index is 0. The molecule has 3 nitrogen and oxygen atoms in total. The van der Waals surface area contributed by atoms with E-state index < -0.39 is 0 Å². The molecule has 16 heavy (non-hydrogen) atoms. The zero-order valence-electron chi connectivity index (χ0n) is 9.49. The third kappa shape index (κ3) is 4.00. The van der Waals surface area contributed by atoms with Crippen LogP contribution in [0.3, 0.4) is 0 Å². The molecule has 2 rings (SSSR count). The molecule has 4 N–H and O–H groups in total. The van der Waals surface area contributed by atoms with Crippen molar-refractivity contribution >= 4 is 36.6 Å². The molecule has 2 unspecified atom stereocenters. The van der Waals surface area contributed by atoms with Crippen LogP contribution in [0.2, 0.25) is 0 Å². The van der Waals surface area contributed by atoms with E-state index in [9.17, 15) is 0 Å². The Balaban J connectivity index is 0.00000112. The van der Waals surface area contributed by atoms with Crippen molar-refractivity contribution in [2.24, 2.45) is 5.73 Å². The summed E-state index contributed by atoms with van der Waals surface area (Å²) in [6.45, 7) is 3.35. The van der Waals surface area contributed by atoms with Gasteiger partial charge in [-0.1, -0.05) is 18.7 Å². The van der Waals surface area contributed by atoms with E-state index in [0.717, 1.165) is 13.0 Å². The Kier molecular flexibility index (Phi) is 7.85. The molecule has 1 aliphatic carbocycles. The normalized spacial score (nSPS) is 27.6. The molecule has 0 bridgehead atoms. The van der Waals surface area contributed by atoms with Gasteiger partial charge in [0.1, 0.15) is 5.50 Å². The molecule has 0 saturated carbocycles. The number of rotatable bonds is 3. The Morgan fingerprint density at radius 1 is 1.50 bits per heavy atom. The van der Waals surface area contributed by atoms with E-state index in [2.05, 4.69) is 17.6 Å². The largest absolute Gasteiger partial charge is 0.364 e. The maximum absolute atomic E-state index is 5.83. The Morgan fingerprint density at radius 2 is 2.25 bits per heavy atom. The number of hydrogen-bond donors (Lipinski definition) is 3. The van der Waals surface area contributed by atoms with Gasteiger partial charge in [0.15, 0.2) is 0 Å². The molecule has 96 valence electrons. The highest BCUT2D eigenvalue weighted by atomic mass is 35.5. The minimum Gasteiger partial charge on any atom is -0.364 e. The standard InChI is InChI=1S/C10H19N3S.2ClH/c1-2-5-12-7-3-4-8-9(6-7)14-10(11)13-8;;/h7,10,12-13H,2-6,11H2,1H3;2*1H. The number of nitrogens with two attached hydrogens (primary N) is 1. The van der Waals surface area contributed by atoms with Crippen LogP contribution in [0, 0.1) is 0 Å². The minimum atomic E-state index is 0. The number of thioether (sulfide) groups is 1. The second-order valence-electron chi connectivity index (χ2n) is 3.98. The number of halogens is 2. The first-order chi connectivity index (χ1) is 6.79. The van der Waals surface area contributed by atoms with Crippen LogP contribution in [-0.2, 0) is 0 Å². The summed E-state index contributed by atoms with van der Waals surface area (Å²) in [4.78, 5) is 1.48. The van der Waals surface area contributed by atoms with Crippen molar-refractivity contribution in [3.05, 3.63) is 10.6 Å². The van der Waals surface area contributed by atoms with Crippen LogP contribution >= 0.6 is 36.6 Å². The summed E-state index contributed by atoms with van der Waals surface area (Å²) >= 11 is 1.79. The SMILES string of the molecule is CCCNC1CCC2=C(C1)SC(N)N2.Cl.Cl. The quantitative estimate of drug-likeness (QED) is 0.744. The van der Waals surface area contributed by atoms with Gasteiger partial charge in [-0.3, -0.25) is 0 Å². The summed E-state index contributed by atoms with van der Waals surface area (Å²) in [6.07, 6.45) is 4.80. The maximum Gasteiger partial charge on any atom is 0.127 e. The molecule has 2 atom stereocenters. The molecule has 0 spiro atoms. The third-order valence-electron chi connectivity index (χ3n) is 2.78. The van der Waals surface area contributed by atoms with E-state index in [1.165, 1.54) is 29.9 Å². The zero-order chi connectivity index (χ0) is 9.97. The summed E-state index contributed by atoms with van der Waals surface area (Å²) in [5.74, 6) is 0.